The highest BCUT2D eigenvalue weighted by atomic mass is 16.3. The Morgan fingerprint density at radius 3 is 2.73 bits per heavy atom. The highest BCUT2D eigenvalue weighted by Crippen LogP contribution is 2.55. The van der Waals surface area contributed by atoms with Crippen molar-refractivity contribution in [3.05, 3.63) is 82.7 Å². The molecule has 4 nitrogen and oxygen atoms in total. The first-order valence-corrected chi connectivity index (χ1v) is 10.3. The number of aliphatic hydroxyl groups is 1. The van der Waals surface area contributed by atoms with E-state index in [-0.39, 0.29) is 0 Å². The van der Waals surface area contributed by atoms with Crippen LogP contribution in [0.4, 0.5) is 5.69 Å². The topological polar surface area (TPSA) is 64.1 Å². The first-order chi connectivity index (χ1) is 14.4. The zero-order chi connectivity index (χ0) is 20.9. The Morgan fingerprint density at radius 2 is 1.97 bits per heavy atom. The zero-order valence-electron chi connectivity index (χ0n) is 17.3. The standard InChI is InChI=1S/C26H25N3O/c1-18-6-8-23(9-7-18)29-24-15-21-11-13-26(30,25(21,2)16-20(24)17-28-29)12-10-19-4-3-5-22(27)14-19/h3-9,14-15,17,30H,11,13,16,27H2,1-2H3/t25-,26-/m0/s1. The summed E-state index contributed by atoms with van der Waals surface area (Å²) in [5.74, 6) is 6.36. The van der Waals surface area contributed by atoms with Crippen LogP contribution in [0.15, 0.2) is 60.3 Å². The molecule has 150 valence electrons. The maximum Gasteiger partial charge on any atom is 0.135 e. The van der Waals surface area contributed by atoms with Crippen LogP contribution in [0.5, 0.6) is 0 Å². The molecule has 3 aromatic rings. The first kappa shape index (κ1) is 18.7. The SMILES string of the molecule is Cc1ccc(-n2ncc3c2C=C2CC[C@@](O)(C#Cc4cccc(N)c4)[C@@]2(C)C3)cc1. The number of hydrogen-bond acceptors (Lipinski definition) is 3. The van der Waals surface area contributed by atoms with Gasteiger partial charge >= 0.3 is 0 Å². The minimum Gasteiger partial charge on any atom is -0.399 e. The largest absolute Gasteiger partial charge is 0.399 e. The van der Waals surface area contributed by atoms with Crippen molar-refractivity contribution in [3.8, 4) is 17.5 Å². The second-order valence-corrected chi connectivity index (χ2v) is 8.72. The van der Waals surface area contributed by atoms with Crippen LogP contribution >= 0.6 is 0 Å². The molecule has 0 unspecified atom stereocenters. The number of hydrogen-bond donors (Lipinski definition) is 2. The van der Waals surface area contributed by atoms with Gasteiger partial charge in [-0.2, -0.15) is 5.10 Å². The Balaban J connectivity index is 1.52. The molecule has 1 saturated carbocycles. The quantitative estimate of drug-likeness (QED) is 0.477. The molecule has 2 aliphatic rings. The van der Waals surface area contributed by atoms with E-state index in [1.165, 1.54) is 11.1 Å². The van der Waals surface area contributed by atoms with Crippen molar-refractivity contribution in [1.29, 1.82) is 0 Å². The summed E-state index contributed by atoms with van der Waals surface area (Å²) in [5, 5.41) is 16.2. The third kappa shape index (κ3) is 2.86. The van der Waals surface area contributed by atoms with E-state index in [0.29, 0.717) is 12.1 Å². The lowest BCUT2D eigenvalue weighted by Crippen LogP contribution is -2.44. The summed E-state index contributed by atoms with van der Waals surface area (Å²) < 4.78 is 2.00. The van der Waals surface area contributed by atoms with E-state index in [4.69, 9.17) is 5.73 Å². The highest BCUT2D eigenvalue weighted by molar-refractivity contribution is 5.64. The van der Waals surface area contributed by atoms with Gasteiger partial charge in [-0.15, -0.1) is 0 Å². The summed E-state index contributed by atoms with van der Waals surface area (Å²) in [6, 6.07) is 15.9. The van der Waals surface area contributed by atoms with Crippen LogP contribution in [0.1, 0.15) is 42.1 Å². The number of nitrogen functional groups attached to an aromatic ring is 1. The molecule has 1 fully saturated rings. The highest BCUT2D eigenvalue weighted by Gasteiger charge is 2.54. The Hall–Kier alpha value is -3.29. The van der Waals surface area contributed by atoms with Gasteiger partial charge in [0.25, 0.3) is 0 Å². The van der Waals surface area contributed by atoms with Gasteiger partial charge in [-0.05, 0) is 68.2 Å². The molecule has 1 heterocycles. The fourth-order valence-electron chi connectivity index (χ4n) is 4.74. The van der Waals surface area contributed by atoms with Crippen LogP contribution in [-0.4, -0.2) is 20.5 Å². The van der Waals surface area contributed by atoms with Crippen LogP contribution in [0.2, 0.25) is 0 Å². The van der Waals surface area contributed by atoms with Crippen LogP contribution < -0.4 is 5.73 Å². The molecule has 0 amide bonds. The fourth-order valence-corrected chi connectivity index (χ4v) is 4.74. The zero-order valence-corrected chi connectivity index (χ0v) is 17.3. The van der Waals surface area contributed by atoms with Gasteiger partial charge in [0.05, 0.1) is 17.6 Å². The lowest BCUT2D eigenvalue weighted by Gasteiger charge is -2.39. The van der Waals surface area contributed by atoms with E-state index in [1.54, 1.807) is 0 Å². The molecular formula is C26H25N3O. The molecule has 5 rings (SSSR count). The van der Waals surface area contributed by atoms with Crippen LogP contribution in [0.3, 0.4) is 0 Å². The lowest BCUT2D eigenvalue weighted by molar-refractivity contribution is 0.0153. The number of nitrogens with two attached hydrogens (primary N) is 1. The van der Waals surface area contributed by atoms with Gasteiger partial charge < -0.3 is 10.8 Å². The van der Waals surface area contributed by atoms with Crippen LogP contribution in [0.25, 0.3) is 11.8 Å². The Bertz CT molecular complexity index is 1230. The molecule has 2 atom stereocenters. The average Bonchev–Trinajstić information content (AvgIpc) is 3.24. The van der Waals surface area contributed by atoms with Crippen LogP contribution in [-0.2, 0) is 6.42 Å². The van der Waals surface area contributed by atoms with Crippen molar-refractivity contribution in [2.75, 3.05) is 5.73 Å². The van der Waals surface area contributed by atoms with Crippen molar-refractivity contribution >= 4 is 11.8 Å². The number of nitrogens with zero attached hydrogens (tertiary/aromatic N) is 2. The van der Waals surface area contributed by atoms with E-state index < -0.39 is 11.0 Å². The van der Waals surface area contributed by atoms with Crippen molar-refractivity contribution in [1.82, 2.24) is 9.78 Å². The van der Waals surface area contributed by atoms with E-state index in [9.17, 15) is 5.11 Å². The van der Waals surface area contributed by atoms with Gasteiger partial charge in [0.15, 0.2) is 0 Å². The molecule has 2 aliphatic carbocycles. The van der Waals surface area contributed by atoms with Gasteiger partial charge in [0.1, 0.15) is 5.60 Å². The summed E-state index contributed by atoms with van der Waals surface area (Å²) in [6.07, 6.45) is 6.33. The van der Waals surface area contributed by atoms with Gasteiger partial charge in [0.2, 0.25) is 0 Å². The summed E-state index contributed by atoms with van der Waals surface area (Å²) in [4.78, 5) is 0. The second kappa shape index (κ2) is 6.62. The molecule has 4 heteroatoms. The predicted octanol–water partition coefficient (Wildman–Crippen LogP) is 4.29. The normalized spacial score (nSPS) is 24.4. The third-order valence-corrected chi connectivity index (χ3v) is 6.70. The Morgan fingerprint density at radius 1 is 1.17 bits per heavy atom. The maximum atomic E-state index is 11.6. The van der Waals surface area contributed by atoms with Gasteiger partial charge in [-0.3, -0.25) is 0 Å². The van der Waals surface area contributed by atoms with Crippen LogP contribution in [0, 0.1) is 24.2 Å². The van der Waals surface area contributed by atoms with E-state index in [0.717, 1.165) is 35.3 Å². The lowest BCUT2D eigenvalue weighted by atomic mass is 9.67. The molecule has 0 saturated heterocycles. The third-order valence-electron chi connectivity index (χ3n) is 6.70. The molecule has 3 N–H and O–H groups in total. The Kier molecular flexibility index (Phi) is 4.13. The number of rotatable bonds is 1. The van der Waals surface area contributed by atoms with Gasteiger partial charge in [0, 0.05) is 16.7 Å². The molecular weight excluding hydrogens is 370 g/mol. The van der Waals surface area contributed by atoms with Crippen molar-refractivity contribution in [2.45, 2.75) is 38.7 Å². The molecule has 0 bridgehead atoms. The predicted molar refractivity (Wildman–Crippen MR) is 120 cm³/mol. The molecule has 0 spiro atoms. The van der Waals surface area contributed by atoms with E-state index >= 15 is 0 Å². The smallest absolute Gasteiger partial charge is 0.135 e. The molecule has 0 radical (unpaired) electrons. The number of aryl methyl sites for hydroxylation is 1. The summed E-state index contributed by atoms with van der Waals surface area (Å²) in [7, 11) is 0. The van der Waals surface area contributed by atoms with E-state index in [2.05, 4.69) is 61.1 Å². The summed E-state index contributed by atoms with van der Waals surface area (Å²) in [6.45, 7) is 4.21. The summed E-state index contributed by atoms with van der Waals surface area (Å²) in [5.41, 5.74) is 11.7. The number of fused-ring (bicyclic) bond motifs is 2. The first-order valence-electron chi connectivity index (χ1n) is 10.3. The van der Waals surface area contributed by atoms with Gasteiger partial charge in [-0.25, -0.2) is 4.68 Å². The fraction of sp³-hybridized carbons (Fsp3) is 0.269. The maximum absolute atomic E-state index is 11.6. The summed E-state index contributed by atoms with van der Waals surface area (Å²) >= 11 is 0. The second-order valence-electron chi connectivity index (χ2n) is 8.72. The van der Waals surface area contributed by atoms with Crippen molar-refractivity contribution in [3.63, 3.8) is 0 Å². The molecule has 30 heavy (non-hydrogen) atoms. The van der Waals surface area contributed by atoms with Gasteiger partial charge in [-0.1, -0.05) is 48.1 Å². The minimum absolute atomic E-state index is 0.422. The molecule has 2 aromatic carbocycles. The molecule has 1 aromatic heterocycles. The number of benzene rings is 2. The molecule has 0 aliphatic heterocycles. The van der Waals surface area contributed by atoms with Crippen molar-refractivity contribution in [2.24, 2.45) is 5.41 Å². The number of anilines is 1. The number of aromatic nitrogens is 2. The van der Waals surface area contributed by atoms with Crippen molar-refractivity contribution < 1.29 is 5.11 Å². The average molecular weight is 396 g/mol. The Labute approximate surface area is 177 Å². The van der Waals surface area contributed by atoms with E-state index in [1.807, 2.05) is 35.1 Å². The monoisotopic (exact) mass is 395 g/mol. The minimum atomic E-state index is -1.08.